The number of phenols is 1. The molecule has 7 heteroatoms. The normalized spacial score (nSPS) is 17.5. The summed E-state index contributed by atoms with van der Waals surface area (Å²) >= 11 is 0. The van der Waals surface area contributed by atoms with Crippen LogP contribution in [0.3, 0.4) is 0 Å². The lowest BCUT2D eigenvalue weighted by Gasteiger charge is -2.25. The minimum atomic E-state index is -0.821. The molecule has 2 N–H and O–H groups in total. The third kappa shape index (κ3) is 4.74. The molecule has 34 heavy (non-hydrogen) atoms. The van der Waals surface area contributed by atoms with Gasteiger partial charge in [0.2, 0.25) is 0 Å². The zero-order valence-electron chi connectivity index (χ0n) is 20.4. The fourth-order valence-electron chi connectivity index (χ4n) is 4.35. The molecule has 2 aromatic rings. The van der Waals surface area contributed by atoms with Crippen LogP contribution in [0.1, 0.15) is 68.7 Å². The molecule has 1 atom stereocenters. The summed E-state index contributed by atoms with van der Waals surface area (Å²) in [6.45, 7) is 6.44. The van der Waals surface area contributed by atoms with E-state index in [0.717, 1.165) is 24.8 Å². The van der Waals surface area contributed by atoms with Crippen LogP contribution in [0.2, 0.25) is 0 Å². The van der Waals surface area contributed by atoms with Crippen LogP contribution in [0.4, 0.5) is 0 Å². The predicted octanol–water partition coefficient (Wildman–Crippen LogP) is 5.14. The number of methoxy groups -OCH3 is 2. The maximum absolute atomic E-state index is 13.2. The molecule has 0 aromatic heterocycles. The predicted molar refractivity (Wildman–Crippen MR) is 130 cm³/mol. The van der Waals surface area contributed by atoms with Crippen molar-refractivity contribution in [2.24, 2.45) is 0 Å². The van der Waals surface area contributed by atoms with E-state index in [1.54, 1.807) is 37.4 Å². The van der Waals surface area contributed by atoms with Gasteiger partial charge in [-0.2, -0.15) is 0 Å². The van der Waals surface area contributed by atoms with Crippen molar-refractivity contribution < 1.29 is 29.3 Å². The van der Waals surface area contributed by atoms with Crippen molar-refractivity contribution >= 4 is 17.4 Å². The van der Waals surface area contributed by atoms with E-state index in [0.29, 0.717) is 23.4 Å². The highest BCUT2D eigenvalue weighted by Crippen LogP contribution is 2.42. The number of aliphatic hydroxyl groups excluding tert-OH is 1. The Morgan fingerprint density at radius 1 is 1.03 bits per heavy atom. The Bertz CT molecular complexity index is 1100. The number of ketones is 1. The Balaban J connectivity index is 2.18. The largest absolute Gasteiger partial charge is 0.507 e. The highest BCUT2D eigenvalue weighted by molar-refractivity contribution is 6.46. The van der Waals surface area contributed by atoms with Crippen LogP contribution < -0.4 is 9.47 Å². The third-order valence-electron chi connectivity index (χ3n) is 6.19. The van der Waals surface area contributed by atoms with Crippen molar-refractivity contribution in [3.63, 3.8) is 0 Å². The van der Waals surface area contributed by atoms with E-state index < -0.39 is 17.7 Å². The summed E-state index contributed by atoms with van der Waals surface area (Å²) in [7, 11) is 3.03. The van der Waals surface area contributed by atoms with Crippen molar-refractivity contribution in [3.8, 4) is 17.2 Å². The quantitative estimate of drug-likeness (QED) is 0.229. The Hall–Kier alpha value is -3.48. The van der Waals surface area contributed by atoms with Gasteiger partial charge in [0.05, 0.1) is 25.8 Å². The number of carbonyl (C=O) groups excluding carboxylic acids is 2. The van der Waals surface area contributed by atoms with Gasteiger partial charge in [0.1, 0.15) is 11.5 Å². The second kappa shape index (κ2) is 10.6. The number of carbonyl (C=O) groups is 2. The zero-order chi connectivity index (χ0) is 25.0. The fourth-order valence-corrected chi connectivity index (χ4v) is 4.35. The molecule has 1 fully saturated rings. The van der Waals surface area contributed by atoms with Crippen LogP contribution in [0, 0.1) is 0 Å². The van der Waals surface area contributed by atoms with E-state index in [1.165, 1.54) is 18.1 Å². The van der Waals surface area contributed by atoms with Crippen molar-refractivity contribution in [3.05, 3.63) is 58.7 Å². The number of hydrogen-bond acceptors (Lipinski definition) is 6. The smallest absolute Gasteiger partial charge is 0.295 e. The lowest BCUT2D eigenvalue weighted by atomic mass is 9.93. The molecule has 1 heterocycles. The molecule has 1 aliphatic heterocycles. The highest BCUT2D eigenvalue weighted by atomic mass is 16.5. The van der Waals surface area contributed by atoms with Crippen molar-refractivity contribution in [2.45, 2.75) is 52.0 Å². The van der Waals surface area contributed by atoms with Crippen LogP contribution in [-0.2, 0) is 9.59 Å². The fraction of sp³-hybridized carbons (Fsp3) is 0.407. The zero-order valence-corrected chi connectivity index (χ0v) is 20.4. The summed E-state index contributed by atoms with van der Waals surface area (Å²) in [5.74, 6) is -0.668. The summed E-state index contributed by atoms with van der Waals surface area (Å²) in [6.07, 6.45) is 2.59. The highest BCUT2D eigenvalue weighted by Gasteiger charge is 2.46. The topological polar surface area (TPSA) is 96.3 Å². The Morgan fingerprint density at radius 2 is 1.71 bits per heavy atom. The van der Waals surface area contributed by atoms with Gasteiger partial charge in [0, 0.05) is 12.1 Å². The number of unbranched alkanes of at least 4 members (excludes halogenated alkanes) is 2. The molecule has 0 bridgehead atoms. The minimum Gasteiger partial charge on any atom is -0.507 e. The van der Waals surface area contributed by atoms with Gasteiger partial charge >= 0.3 is 0 Å². The number of benzene rings is 2. The average molecular weight is 468 g/mol. The molecule has 2 aromatic carbocycles. The summed E-state index contributed by atoms with van der Waals surface area (Å²) in [5, 5.41) is 21.7. The van der Waals surface area contributed by atoms with Crippen molar-refractivity contribution in [2.75, 3.05) is 20.8 Å². The summed E-state index contributed by atoms with van der Waals surface area (Å²) < 4.78 is 10.6. The number of aliphatic hydroxyl groups is 1. The first-order chi connectivity index (χ1) is 16.2. The van der Waals surface area contributed by atoms with Crippen molar-refractivity contribution in [1.29, 1.82) is 0 Å². The number of aromatic hydroxyl groups is 1. The van der Waals surface area contributed by atoms with Crippen LogP contribution in [0.5, 0.6) is 17.2 Å². The van der Waals surface area contributed by atoms with E-state index >= 15 is 0 Å². The van der Waals surface area contributed by atoms with Gasteiger partial charge in [-0.3, -0.25) is 9.59 Å². The van der Waals surface area contributed by atoms with Gasteiger partial charge in [0.15, 0.2) is 11.5 Å². The lowest BCUT2D eigenvalue weighted by molar-refractivity contribution is -0.139. The molecule has 1 saturated heterocycles. The first-order valence-corrected chi connectivity index (χ1v) is 11.6. The van der Waals surface area contributed by atoms with Gasteiger partial charge in [0.25, 0.3) is 11.7 Å². The molecule has 0 saturated carbocycles. The number of rotatable bonds is 9. The van der Waals surface area contributed by atoms with Crippen molar-refractivity contribution in [1.82, 2.24) is 4.90 Å². The maximum atomic E-state index is 13.2. The second-order valence-electron chi connectivity index (χ2n) is 8.74. The van der Waals surface area contributed by atoms with Gasteiger partial charge < -0.3 is 24.6 Å². The molecule has 1 aliphatic rings. The molecule has 7 nitrogen and oxygen atoms in total. The number of likely N-dealkylation sites (tertiary alicyclic amines) is 1. The standard InChI is InChI=1S/C27H33NO6/c1-6-7-8-13-28-24(17-9-12-22(34-5)20(29)15-17)23(26(31)27(28)32)25(30)18-10-11-21(33-4)19(14-18)16(2)3/h9-12,14-16,24,29-30H,6-8,13H2,1-5H3/b25-23-. The van der Waals surface area contributed by atoms with Crippen LogP contribution in [0.15, 0.2) is 42.0 Å². The molecule has 0 aliphatic carbocycles. The summed E-state index contributed by atoms with van der Waals surface area (Å²) in [6, 6.07) is 9.14. The van der Waals surface area contributed by atoms with Crippen LogP contribution >= 0.6 is 0 Å². The van der Waals surface area contributed by atoms with Gasteiger partial charge in [-0.25, -0.2) is 0 Å². The number of hydrogen-bond donors (Lipinski definition) is 2. The SMILES string of the molecule is CCCCCN1C(=O)C(=O)/C(=C(\O)c2ccc(OC)c(C(C)C)c2)C1c1ccc(OC)c(O)c1. The number of nitrogens with zero attached hydrogens (tertiary/aromatic N) is 1. The monoisotopic (exact) mass is 467 g/mol. The van der Waals surface area contributed by atoms with E-state index in [2.05, 4.69) is 6.92 Å². The van der Waals surface area contributed by atoms with E-state index in [9.17, 15) is 19.8 Å². The molecule has 182 valence electrons. The lowest BCUT2D eigenvalue weighted by Crippen LogP contribution is -2.30. The number of ether oxygens (including phenoxy) is 2. The van der Waals surface area contributed by atoms with E-state index in [-0.39, 0.29) is 28.7 Å². The van der Waals surface area contributed by atoms with Crippen LogP contribution in [-0.4, -0.2) is 47.6 Å². The second-order valence-corrected chi connectivity index (χ2v) is 8.74. The number of Topliss-reactive ketones (excluding diaryl/α,β-unsaturated/α-hetero) is 1. The molecule has 0 spiro atoms. The third-order valence-corrected chi connectivity index (χ3v) is 6.19. The Kier molecular flexibility index (Phi) is 7.87. The average Bonchev–Trinajstić information content (AvgIpc) is 3.08. The first kappa shape index (κ1) is 25.1. The molecular weight excluding hydrogens is 434 g/mol. The molecule has 3 rings (SSSR count). The number of amides is 1. The maximum Gasteiger partial charge on any atom is 0.295 e. The molecule has 1 amide bonds. The molecule has 0 radical (unpaired) electrons. The summed E-state index contributed by atoms with van der Waals surface area (Å²) in [4.78, 5) is 27.7. The van der Waals surface area contributed by atoms with Gasteiger partial charge in [-0.1, -0.05) is 39.7 Å². The molecule has 1 unspecified atom stereocenters. The van der Waals surface area contributed by atoms with E-state index in [1.807, 2.05) is 13.8 Å². The minimum absolute atomic E-state index is 0.00550. The molecular formula is C27H33NO6. The van der Waals surface area contributed by atoms with Gasteiger partial charge in [-0.15, -0.1) is 0 Å². The summed E-state index contributed by atoms with van der Waals surface area (Å²) in [5.41, 5.74) is 1.83. The van der Waals surface area contributed by atoms with Gasteiger partial charge in [-0.05, 0) is 53.8 Å². The van der Waals surface area contributed by atoms with Crippen LogP contribution in [0.25, 0.3) is 5.76 Å². The first-order valence-electron chi connectivity index (χ1n) is 11.6. The Labute approximate surface area is 200 Å². The number of phenolic OH excluding ortho intramolecular Hbond substituents is 1. The Morgan fingerprint density at radius 3 is 2.29 bits per heavy atom. The van der Waals surface area contributed by atoms with E-state index in [4.69, 9.17) is 9.47 Å².